The number of hydrogen-bond donors (Lipinski definition) is 2. The van der Waals surface area contributed by atoms with Gasteiger partial charge in [-0.2, -0.15) is 0 Å². The quantitative estimate of drug-likeness (QED) is 0.789. The molecule has 1 rings (SSSR count). The molecule has 3 N–H and O–H groups in total. The Kier molecular flexibility index (Phi) is 4.26. The molecule has 0 heterocycles. The van der Waals surface area contributed by atoms with Crippen LogP contribution in [-0.2, 0) is 0 Å². The monoisotopic (exact) mass is 237 g/mol. The molecule has 0 aromatic heterocycles. The van der Waals surface area contributed by atoms with Crippen LogP contribution in [0.1, 0.15) is 30.1 Å². The number of rotatable bonds is 4. The molecule has 0 aliphatic carbocycles. The Bertz CT molecular complexity index is 370. The summed E-state index contributed by atoms with van der Waals surface area (Å²) in [4.78, 5) is 0. The van der Waals surface area contributed by atoms with Crippen LogP contribution in [0.5, 0.6) is 0 Å². The molecule has 0 saturated carbocycles. The number of aliphatic hydroxyl groups is 1. The van der Waals surface area contributed by atoms with Crippen LogP contribution in [-0.4, -0.2) is 11.7 Å². The Morgan fingerprint density at radius 1 is 1.25 bits per heavy atom. The summed E-state index contributed by atoms with van der Waals surface area (Å²) in [6.45, 7) is 0.0428. The van der Waals surface area contributed by atoms with Gasteiger partial charge in [-0.25, -0.2) is 17.6 Å². The van der Waals surface area contributed by atoms with E-state index in [1.807, 2.05) is 0 Å². The molecule has 0 radical (unpaired) electrons. The highest BCUT2D eigenvalue weighted by Crippen LogP contribution is 2.28. The van der Waals surface area contributed by atoms with Crippen molar-refractivity contribution in [3.05, 3.63) is 34.9 Å². The molecule has 0 amide bonds. The average molecular weight is 237 g/mol. The Balaban J connectivity index is 3.16. The zero-order chi connectivity index (χ0) is 12.3. The zero-order valence-electron chi connectivity index (χ0n) is 8.26. The van der Waals surface area contributed by atoms with Gasteiger partial charge in [0.2, 0.25) is 0 Å². The second kappa shape index (κ2) is 5.27. The summed E-state index contributed by atoms with van der Waals surface area (Å²) in [6.07, 6.45) is -4.32. The lowest BCUT2D eigenvalue weighted by Crippen LogP contribution is -2.10. The maximum absolute atomic E-state index is 13.2. The van der Waals surface area contributed by atoms with Crippen LogP contribution in [0.3, 0.4) is 0 Å². The fourth-order valence-corrected chi connectivity index (χ4v) is 1.31. The first kappa shape index (κ1) is 12.9. The third-order valence-corrected chi connectivity index (χ3v) is 2.13. The molecule has 0 spiro atoms. The minimum Gasteiger partial charge on any atom is -0.388 e. The van der Waals surface area contributed by atoms with Gasteiger partial charge in [-0.15, -0.1) is 0 Å². The minimum atomic E-state index is -2.92. The van der Waals surface area contributed by atoms with E-state index >= 15 is 0 Å². The second-order valence-corrected chi connectivity index (χ2v) is 3.30. The molecule has 1 aromatic rings. The lowest BCUT2D eigenvalue weighted by atomic mass is 10.0. The Morgan fingerprint density at radius 2 is 1.88 bits per heavy atom. The highest BCUT2D eigenvalue weighted by molar-refractivity contribution is 5.28. The molecule has 0 fully saturated rings. The first-order valence-electron chi connectivity index (χ1n) is 4.62. The number of halogens is 4. The third kappa shape index (κ3) is 2.70. The van der Waals surface area contributed by atoms with Crippen molar-refractivity contribution in [2.75, 3.05) is 6.54 Å². The fraction of sp³-hybridized carbons (Fsp3) is 0.400. The van der Waals surface area contributed by atoms with Crippen LogP contribution in [0, 0.1) is 11.6 Å². The molecule has 2 nitrogen and oxygen atoms in total. The Labute approximate surface area is 89.7 Å². The van der Waals surface area contributed by atoms with E-state index in [4.69, 9.17) is 5.73 Å². The molecule has 6 heteroatoms. The standard InChI is InChI=1S/C10H11F4NO/c11-7-4-5(10(13)14)3-6(9(7)12)8(16)1-2-15/h3-4,8,10,16H,1-2,15H2. The van der Waals surface area contributed by atoms with E-state index in [0.717, 1.165) is 6.07 Å². The molecule has 16 heavy (non-hydrogen) atoms. The Morgan fingerprint density at radius 3 is 2.38 bits per heavy atom. The predicted octanol–water partition coefficient (Wildman–Crippen LogP) is 2.28. The minimum absolute atomic E-state index is 0.0248. The van der Waals surface area contributed by atoms with Crippen molar-refractivity contribution in [3.8, 4) is 0 Å². The van der Waals surface area contributed by atoms with E-state index in [1.165, 1.54) is 0 Å². The van der Waals surface area contributed by atoms with E-state index < -0.39 is 35.3 Å². The smallest absolute Gasteiger partial charge is 0.263 e. The SMILES string of the molecule is NCCC(O)c1cc(C(F)F)cc(F)c1F. The molecule has 0 bridgehead atoms. The molecule has 0 saturated heterocycles. The molecule has 0 aliphatic heterocycles. The summed E-state index contributed by atoms with van der Waals surface area (Å²) in [5.41, 5.74) is 3.98. The summed E-state index contributed by atoms with van der Waals surface area (Å²) in [5, 5.41) is 9.40. The summed E-state index contributed by atoms with van der Waals surface area (Å²) >= 11 is 0. The normalized spacial score (nSPS) is 13.2. The van der Waals surface area contributed by atoms with Crippen molar-refractivity contribution in [1.82, 2.24) is 0 Å². The van der Waals surface area contributed by atoms with Gasteiger partial charge >= 0.3 is 0 Å². The topological polar surface area (TPSA) is 46.2 Å². The lowest BCUT2D eigenvalue weighted by molar-refractivity contribution is 0.147. The first-order chi connectivity index (χ1) is 7.47. The van der Waals surface area contributed by atoms with Gasteiger partial charge in [0.1, 0.15) is 0 Å². The van der Waals surface area contributed by atoms with Gasteiger partial charge in [0.25, 0.3) is 6.43 Å². The van der Waals surface area contributed by atoms with Gasteiger partial charge in [-0.1, -0.05) is 0 Å². The highest BCUT2D eigenvalue weighted by Gasteiger charge is 2.20. The van der Waals surface area contributed by atoms with Crippen molar-refractivity contribution in [2.45, 2.75) is 19.0 Å². The van der Waals surface area contributed by atoms with Crippen molar-refractivity contribution >= 4 is 0 Å². The van der Waals surface area contributed by atoms with Crippen LogP contribution >= 0.6 is 0 Å². The van der Waals surface area contributed by atoms with Gasteiger partial charge < -0.3 is 10.8 Å². The van der Waals surface area contributed by atoms with E-state index in [0.29, 0.717) is 6.07 Å². The van der Waals surface area contributed by atoms with Gasteiger partial charge in [0, 0.05) is 11.1 Å². The first-order valence-corrected chi connectivity index (χ1v) is 4.62. The number of benzene rings is 1. The lowest BCUT2D eigenvalue weighted by Gasteiger charge is -2.13. The third-order valence-electron chi connectivity index (χ3n) is 2.13. The van der Waals surface area contributed by atoms with Gasteiger partial charge in [-0.05, 0) is 25.1 Å². The van der Waals surface area contributed by atoms with Crippen molar-refractivity contribution in [1.29, 1.82) is 0 Å². The summed E-state index contributed by atoms with van der Waals surface area (Å²) < 4.78 is 50.8. The van der Waals surface area contributed by atoms with Gasteiger partial charge in [-0.3, -0.25) is 0 Å². The fourth-order valence-electron chi connectivity index (χ4n) is 1.31. The van der Waals surface area contributed by atoms with E-state index in [1.54, 1.807) is 0 Å². The van der Waals surface area contributed by atoms with Crippen LogP contribution in [0.2, 0.25) is 0 Å². The molecule has 90 valence electrons. The molecule has 1 unspecified atom stereocenters. The molecule has 0 aliphatic rings. The van der Waals surface area contributed by atoms with Crippen LogP contribution < -0.4 is 5.73 Å². The molecular formula is C10H11F4NO. The largest absolute Gasteiger partial charge is 0.388 e. The maximum atomic E-state index is 13.2. The van der Waals surface area contributed by atoms with Crippen LogP contribution in [0.15, 0.2) is 12.1 Å². The Hall–Kier alpha value is -1.14. The second-order valence-electron chi connectivity index (χ2n) is 3.30. The average Bonchev–Trinajstić information content (AvgIpc) is 2.21. The van der Waals surface area contributed by atoms with Crippen molar-refractivity contribution in [2.24, 2.45) is 5.73 Å². The highest BCUT2D eigenvalue weighted by atomic mass is 19.3. The number of aliphatic hydroxyl groups excluding tert-OH is 1. The number of nitrogens with two attached hydrogens (primary N) is 1. The maximum Gasteiger partial charge on any atom is 0.263 e. The summed E-state index contributed by atoms with van der Waals surface area (Å²) in [6, 6.07) is 1.17. The van der Waals surface area contributed by atoms with Gasteiger partial charge in [0.15, 0.2) is 11.6 Å². The number of hydrogen-bond acceptors (Lipinski definition) is 2. The molecular weight excluding hydrogens is 226 g/mol. The van der Waals surface area contributed by atoms with Crippen molar-refractivity contribution < 1.29 is 22.7 Å². The molecule has 1 aromatic carbocycles. The van der Waals surface area contributed by atoms with E-state index in [-0.39, 0.29) is 13.0 Å². The van der Waals surface area contributed by atoms with Crippen molar-refractivity contribution in [3.63, 3.8) is 0 Å². The number of alkyl halides is 2. The van der Waals surface area contributed by atoms with E-state index in [9.17, 15) is 22.7 Å². The zero-order valence-corrected chi connectivity index (χ0v) is 8.26. The van der Waals surface area contributed by atoms with E-state index in [2.05, 4.69) is 0 Å². The van der Waals surface area contributed by atoms with Crippen LogP contribution in [0.4, 0.5) is 17.6 Å². The summed E-state index contributed by atoms with van der Waals surface area (Å²) in [7, 11) is 0. The summed E-state index contributed by atoms with van der Waals surface area (Å²) in [5.74, 6) is -2.71. The predicted molar refractivity (Wildman–Crippen MR) is 49.9 cm³/mol. The van der Waals surface area contributed by atoms with Gasteiger partial charge in [0.05, 0.1) is 6.10 Å². The van der Waals surface area contributed by atoms with Crippen LogP contribution in [0.25, 0.3) is 0 Å². The molecule has 1 atom stereocenters.